The Balaban J connectivity index is 1.62. The van der Waals surface area contributed by atoms with Crippen LogP contribution >= 0.6 is 0 Å². The third kappa shape index (κ3) is 6.57. The summed E-state index contributed by atoms with van der Waals surface area (Å²) in [6, 6.07) is 15.0. The first kappa shape index (κ1) is 23.3. The van der Waals surface area contributed by atoms with Gasteiger partial charge in [-0.2, -0.15) is 5.10 Å². The Hall–Kier alpha value is -3.36. The number of aliphatic hydroxyl groups excluding tert-OH is 1. The largest absolute Gasteiger partial charge is 0.492 e. The van der Waals surface area contributed by atoms with E-state index in [2.05, 4.69) is 20.4 Å². The predicted octanol–water partition coefficient (Wildman–Crippen LogP) is 3.35. The molecule has 0 radical (unpaired) electrons. The number of hydrogen-bond donors (Lipinski definition) is 3. The number of aromatic amines is 1. The summed E-state index contributed by atoms with van der Waals surface area (Å²) in [5.41, 5.74) is 4.65. The van der Waals surface area contributed by atoms with Crippen LogP contribution in [0.25, 0.3) is 11.1 Å². The summed E-state index contributed by atoms with van der Waals surface area (Å²) in [5, 5.41) is 19.3. The number of aryl methyl sites for hydroxylation is 1. The monoisotopic (exact) mass is 437 g/mol. The molecule has 0 fully saturated rings. The number of amides is 2. The molecule has 8 nitrogen and oxygen atoms in total. The lowest BCUT2D eigenvalue weighted by molar-refractivity contribution is 0.185. The van der Waals surface area contributed by atoms with Crippen LogP contribution in [0, 0.1) is 6.92 Å². The molecule has 170 valence electrons. The molecular weight excluding hydrogens is 406 g/mol. The van der Waals surface area contributed by atoms with Gasteiger partial charge in [0.25, 0.3) is 0 Å². The third-order valence-corrected chi connectivity index (χ3v) is 5.01. The van der Waals surface area contributed by atoms with E-state index in [0.717, 1.165) is 34.7 Å². The molecule has 0 bridgehead atoms. The van der Waals surface area contributed by atoms with Gasteiger partial charge in [-0.1, -0.05) is 24.3 Å². The summed E-state index contributed by atoms with van der Waals surface area (Å²) in [4.78, 5) is 16.5. The first-order valence-electron chi connectivity index (χ1n) is 10.6. The van der Waals surface area contributed by atoms with Crippen molar-refractivity contribution in [2.45, 2.75) is 13.5 Å². The zero-order valence-electron chi connectivity index (χ0n) is 18.8. The van der Waals surface area contributed by atoms with Gasteiger partial charge in [0.15, 0.2) is 0 Å². The summed E-state index contributed by atoms with van der Waals surface area (Å²) in [7, 11) is 3.99. The molecule has 0 unspecified atom stereocenters. The standard InChI is InChI=1S/C24H31N5O3/c1-18-23(16-25-27-18)20-7-9-21(10-8-20)26-24(31)29(11-13-30)17-19-5-4-6-22(15-19)32-14-12-28(2)3/h4-10,15-16,30H,11-14,17H2,1-3H3,(H,25,27)(H,26,31). The van der Waals surface area contributed by atoms with Crippen LogP contribution in [-0.4, -0.2) is 71.5 Å². The van der Waals surface area contributed by atoms with Crippen LogP contribution in [0.5, 0.6) is 5.75 Å². The van der Waals surface area contributed by atoms with Crippen LogP contribution in [0.4, 0.5) is 10.5 Å². The molecule has 2 aromatic carbocycles. The number of likely N-dealkylation sites (N-methyl/N-ethyl adjacent to an activating group) is 1. The molecule has 2 amide bonds. The van der Waals surface area contributed by atoms with Crippen LogP contribution < -0.4 is 10.1 Å². The van der Waals surface area contributed by atoms with Crippen molar-refractivity contribution in [1.29, 1.82) is 0 Å². The smallest absolute Gasteiger partial charge is 0.322 e. The summed E-state index contributed by atoms with van der Waals surface area (Å²) in [5.74, 6) is 0.763. The number of urea groups is 1. The minimum absolute atomic E-state index is 0.120. The number of hydrogen-bond acceptors (Lipinski definition) is 5. The summed E-state index contributed by atoms with van der Waals surface area (Å²) in [6.07, 6.45) is 1.78. The number of carbonyl (C=O) groups excluding carboxylic acids is 1. The van der Waals surface area contributed by atoms with Crippen LogP contribution in [0.1, 0.15) is 11.3 Å². The second kappa shape index (κ2) is 11.3. The lowest BCUT2D eigenvalue weighted by Crippen LogP contribution is -2.36. The Labute approximate surface area is 188 Å². The van der Waals surface area contributed by atoms with E-state index in [1.807, 2.05) is 69.6 Å². The fourth-order valence-electron chi connectivity index (χ4n) is 3.25. The SMILES string of the molecule is Cc1[nH]ncc1-c1ccc(NC(=O)N(CCO)Cc2cccc(OCCN(C)C)c2)cc1. The second-order valence-electron chi connectivity index (χ2n) is 7.86. The van der Waals surface area contributed by atoms with E-state index >= 15 is 0 Å². The van der Waals surface area contributed by atoms with Gasteiger partial charge in [-0.25, -0.2) is 4.79 Å². The van der Waals surface area contributed by atoms with Crippen molar-refractivity contribution in [3.63, 3.8) is 0 Å². The van der Waals surface area contributed by atoms with Gasteiger partial charge in [0.05, 0.1) is 12.8 Å². The molecule has 0 atom stereocenters. The Bertz CT molecular complexity index is 1000. The summed E-state index contributed by atoms with van der Waals surface area (Å²) < 4.78 is 5.79. The van der Waals surface area contributed by atoms with Crippen LogP contribution in [-0.2, 0) is 6.54 Å². The minimum atomic E-state index is -0.273. The maximum atomic E-state index is 12.9. The number of benzene rings is 2. The Kier molecular flexibility index (Phi) is 8.24. The first-order valence-corrected chi connectivity index (χ1v) is 10.6. The number of aliphatic hydroxyl groups is 1. The quantitative estimate of drug-likeness (QED) is 0.452. The molecule has 0 aliphatic heterocycles. The van der Waals surface area contributed by atoms with Gasteiger partial charge in [0.2, 0.25) is 0 Å². The molecule has 32 heavy (non-hydrogen) atoms. The number of carbonyl (C=O) groups is 1. The first-order chi connectivity index (χ1) is 15.5. The van der Waals surface area contributed by atoms with Gasteiger partial charge in [-0.15, -0.1) is 0 Å². The summed E-state index contributed by atoms with van der Waals surface area (Å²) >= 11 is 0. The number of nitrogens with one attached hydrogen (secondary N) is 2. The molecule has 1 aromatic heterocycles. The van der Waals surface area contributed by atoms with Crippen molar-refractivity contribution in [2.24, 2.45) is 0 Å². The number of ether oxygens (including phenoxy) is 1. The van der Waals surface area contributed by atoms with E-state index in [1.165, 1.54) is 0 Å². The van der Waals surface area contributed by atoms with E-state index in [1.54, 1.807) is 11.1 Å². The van der Waals surface area contributed by atoms with Gasteiger partial charge in [0.1, 0.15) is 12.4 Å². The highest BCUT2D eigenvalue weighted by Crippen LogP contribution is 2.23. The molecule has 0 aliphatic carbocycles. The van der Waals surface area contributed by atoms with Gasteiger partial charge in [0, 0.05) is 36.6 Å². The van der Waals surface area contributed by atoms with E-state index in [-0.39, 0.29) is 19.2 Å². The highest BCUT2D eigenvalue weighted by atomic mass is 16.5. The molecule has 3 aromatic rings. The molecule has 0 saturated carbocycles. The normalized spacial score (nSPS) is 10.9. The van der Waals surface area contributed by atoms with E-state index in [9.17, 15) is 9.90 Å². The van der Waals surface area contributed by atoms with Gasteiger partial charge >= 0.3 is 6.03 Å². The number of anilines is 1. The number of H-pyrrole nitrogens is 1. The van der Waals surface area contributed by atoms with Crippen molar-refractivity contribution in [1.82, 2.24) is 20.0 Å². The van der Waals surface area contributed by atoms with Crippen molar-refractivity contribution in [3.05, 3.63) is 66.0 Å². The molecule has 3 N–H and O–H groups in total. The topological polar surface area (TPSA) is 93.7 Å². The molecule has 0 spiro atoms. The van der Waals surface area contributed by atoms with Crippen LogP contribution in [0.15, 0.2) is 54.7 Å². The minimum Gasteiger partial charge on any atom is -0.492 e. The Morgan fingerprint density at radius 3 is 2.59 bits per heavy atom. The Morgan fingerprint density at radius 2 is 1.94 bits per heavy atom. The lowest BCUT2D eigenvalue weighted by Gasteiger charge is -2.23. The van der Waals surface area contributed by atoms with Crippen molar-refractivity contribution in [2.75, 3.05) is 45.7 Å². The molecule has 1 heterocycles. The summed E-state index contributed by atoms with van der Waals surface area (Å²) in [6.45, 7) is 3.85. The lowest BCUT2D eigenvalue weighted by atomic mass is 10.1. The molecule has 0 aliphatic rings. The van der Waals surface area contributed by atoms with E-state index in [0.29, 0.717) is 18.8 Å². The van der Waals surface area contributed by atoms with Gasteiger partial charge in [-0.05, 0) is 56.4 Å². The van der Waals surface area contributed by atoms with Crippen molar-refractivity contribution in [3.8, 4) is 16.9 Å². The second-order valence-corrected chi connectivity index (χ2v) is 7.86. The van der Waals surface area contributed by atoms with Crippen LogP contribution in [0.3, 0.4) is 0 Å². The highest BCUT2D eigenvalue weighted by molar-refractivity contribution is 5.89. The average molecular weight is 438 g/mol. The van der Waals surface area contributed by atoms with Crippen molar-refractivity contribution >= 4 is 11.7 Å². The molecule has 8 heteroatoms. The van der Waals surface area contributed by atoms with Gasteiger partial charge in [-0.3, -0.25) is 5.10 Å². The zero-order valence-corrected chi connectivity index (χ0v) is 18.8. The molecule has 0 saturated heterocycles. The molecular formula is C24H31N5O3. The molecule has 3 rings (SSSR count). The van der Waals surface area contributed by atoms with Crippen molar-refractivity contribution < 1.29 is 14.6 Å². The number of nitrogens with zero attached hydrogens (tertiary/aromatic N) is 3. The maximum absolute atomic E-state index is 12.9. The Morgan fingerprint density at radius 1 is 1.16 bits per heavy atom. The van der Waals surface area contributed by atoms with E-state index in [4.69, 9.17) is 4.74 Å². The average Bonchev–Trinajstić information content (AvgIpc) is 3.20. The van der Waals surface area contributed by atoms with Gasteiger partial charge < -0.3 is 25.0 Å². The predicted molar refractivity (Wildman–Crippen MR) is 126 cm³/mol. The number of rotatable bonds is 10. The fourth-order valence-corrected chi connectivity index (χ4v) is 3.25. The maximum Gasteiger partial charge on any atom is 0.322 e. The highest BCUT2D eigenvalue weighted by Gasteiger charge is 2.15. The third-order valence-electron chi connectivity index (χ3n) is 5.01. The van der Waals surface area contributed by atoms with E-state index < -0.39 is 0 Å². The van der Waals surface area contributed by atoms with Crippen LogP contribution in [0.2, 0.25) is 0 Å². The number of aromatic nitrogens is 2. The fraction of sp³-hybridized carbons (Fsp3) is 0.333. The zero-order chi connectivity index (χ0) is 22.9.